The summed E-state index contributed by atoms with van der Waals surface area (Å²) in [7, 11) is 3.59. The number of benzene rings is 2. The first-order valence-corrected chi connectivity index (χ1v) is 17.4. The zero-order chi connectivity index (χ0) is 37.3. The highest BCUT2D eigenvalue weighted by molar-refractivity contribution is 9.10. The molecule has 8 rings (SSSR count). The van der Waals surface area contributed by atoms with Crippen LogP contribution in [0.2, 0.25) is 0 Å². The molecule has 4 aliphatic heterocycles. The molecule has 0 unspecified atom stereocenters. The summed E-state index contributed by atoms with van der Waals surface area (Å²) in [5.41, 5.74) is 3.95. The molecule has 2 spiro atoms. The number of rotatable bonds is 0. The molecule has 2 saturated heterocycles. The molecule has 0 radical (unpaired) electrons. The molecule has 11 nitrogen and oxygen atoms in total. The van der Waals surface area contributed by atoms with Crippen LogP contribution in [0.25, 0.3) is 21.8 Å². The molecule has 4 aliphatic rings. The van der Waals surface area contributed by atoms with Crippen molar-refractivity contribution in [1.29, 1.82) is 0 Å². The molecule has 1 N–H and O–H groups in total. The number of fused-ring (bicyclic) bond motifs is 8. The number of hydrogen-bond donors (Lipinski definition) is 1. The minimum Gasteiger partial charge on any atom is -0.444 e. The summed E-state index contributed by atoms with van der Waals surface area (Å²) in [4.78, 5) is 60.6. The lowest BCUT2D eigenvalue weighted by molar-refractivity contribution is -0.156. The van der Waals surface area contributed by atoms with Gasteiger partial charge in [0.25, 0.3) is 0 Å². The van der Waals surface area contributed by atoms with Crippen molar-refractivity contribution in [3.63, 3.8) is 0 Å². The normalized spacial score (nSPS) is 18.0. The van der Waals surface area contributed by atoms with Crippen LogP contribution < -0.4 is 15.1 Å². The molecule has 3 amide bonds. The van der Waals surface area contributed by atoms with E-state index in [-0.39, 0.29) is 23.3 Å². The molecule has 0 bridgehead atoms. The molecule has 4 aromatic rings. The highest BCUT2D eigenvalue weighted by atomic mass is 79.9. The van der Waals surface area contributed by atoms with Gasteiger partial charge in [-0.3, -0.25) is 24.4 Å². The van der Waals surface area contributed by atoms with Gasteiger partial charge in [-0.25, -0.2) is 4.79 Å². The maximum atomic E-state index is 13.1. The van der Waals surface area contributed by atoms with Crippen molar-refractivity contribution in [1.82, 2.24) is 20.2 Å². The number of nitrogens with one attached hydrogen (secondary N) is 1. The molecule has 6 heterocycles. The van der Waals surface area contributed by atoms with Crippen molar-refractivity contribution in [2.45, 2.75) is 43.4 Å². The van der Waals surface area contributed by atoms with Crippen molar-refractivity contribution in [3.05, 3.63) is 68.9 Å². The smallest absolute Gasteiger partial charge is 0.444 e. The van der Waals surface area contributed by atoms with E-state index in [2.05, 4.69) is 53.2 Å². The second-order valence-corrected chi connectivity index (χ2v) is 15.7. The zero-order valence-corrected chi connectivity index (χ0v) is 31.4. The van der Waals surface area contributed by atoms with Gasteiger partial charge >= 0.3 is 12.3 Å². The first-order valence-electron chi connectivity index (χ1n) is 15.8. The van der Waals surface area contributed by atoms with Crippen molar-refractivity contribution in [2.24, 2.45) is 0 Å². The summed E-state index contributed by atoms with van der Waals surface area (Å²) in [6.45, 7) is 7.58. The van der Waals surface area contributed by atoms with E-state index in [0.717, 1.165) is 66.3 Å². The maximum absolute atomic E-state index is 13.1. The van der Waals surface area contributed by atoms with Crippen LogP contribution in [0.1, 0.15) is 31.9 Å². The fourth-order valence-electron chi connectivity index (χ4n) is 6.96. The number of carbonyl (C=O) groups excluding carboxylic acids is 4. The lowest BCUT2D eigenvalue weighted by atomic mass is 9.73. The first-order chi connectivity index (χ1) is 23.8. The summed E-state index contributed by atoms with van der Waals surface area (Å²) in [5.74, 6) is 0.178. The van der Waals surface area contributed by atoms with Crippen LogP contribution >= 0.6 is 31.9 Å². The Morgan fingerprint density at radius 1 is 0.843 bits per heavy atom. The lowest BCUT2D eigenvalue weighted by Crippen LogP contribution is -2.65. The van der Waals surface area contributed by atoms with Crippen LogP contribution in [-0.4, -0.2) is 91.1 Å². The Labute approximate surface area is 307 Å². The fraction of sp³-hybridized carbons (Fsp3) is 0.371. The molecule has 0 atom stereocenters. The van der Waals surface area contributed by atoms with Crippen LogP contribution in [0.4, 0.5) is 29.3 Å². The number of alkyl halides is 3. The molecular formula is C35H33Br2F3N6O5. The molecule has 16 heteroatoms. The van der Waals surface area contributed by atoms with Gasteiger partial charge in [-0.1, -0.05) is 31.9 Å². The van der Waals surface area contributed by atoms with Gasteiger partial charge in [0, 0.05) is 71.1 Å². The van der Waals surface area contributed by atoms with Gasteiger partial charge in [-0.05, 0) is 57.2 Å². The number of hydrogen-bond acceptors (Lipinski definition) is 8. The van der Waals surface area contributed by atoms with E-state index in [4.69, 9.17) is 9.53 Å². The molecule has 2 aromatic heterocycles. The van der Waals surface area contributed by atoms with E-state index in [0.29, 0.717) is 13.1 Å². The Morgan fingerprint density at radius 3 is 1.67 bits per heavy atom. The lowest BCUT2D eigenvalue weighted by Gasteiger charge is -2.46. The van der Waals surface area contributed by atoms with Gasteiger partial charge in [-0.15, -0.1) is 0 Å². The first kappa shape index (κ1) is 36.6. The molecule has 51 heavy (non-hydrogen) atoms. The van der Waals surface area contributed by atoms with E-state index in [1.165, 1.54) is 0 Å². The van der Waals surface area contributed by atoms with Gasteiger partial charge in [0.2, 0.25) is 18.1 Å². The summed E-state index contributed by atoms with van der Waals surface area (Å²) >= 11 is 7.01. The Morgan fingerprint density at radius 2 is 1.27 bits per heavy atom. The molecule has 0 saturated carbocycles. The maximum Gasteiger partial charge on any atom is 0.446 e. The Hall–Kier alpha value is -4.15. The van der Waals surface area contributed by atoms with Crippen LogP contribution in [0.3, 0.4) is 0 Å². The number of pyridine rings is 2. The molecule has 268 valence electrons. The number of aldehydes is 1. The van der Waals surface area contributed by atoms with Gasteiger partial charge in [-0.2, -0.15) is 13.2 Å². The molecule has 2 aromatic carbocycles. The highest BCUT2D eigenvalue weighted by Crippen LogP contribution is 2.50. The van der Waals surface area contributed by atoms with E-state index >= 15 is 0 Å². The van der Waals surface area contributed by atoms with E-state index in [9.17, 15) is 27.6 Å². The third-order valence-electron chi connectivity index (χ3n) is 9.29. The average molecular weight is 834 g/mol. The third-order valence-corrected chi connectivity index (χ3v) is 10.3. The number of nitrogens with zero attached hydrogens (tertiary/aromatic N) is 5. The SMILES string of the molecule is CN1C(=O)C2(CN(C(=O)OC(C)(C)C)C2)c2c1cnc1ccc(Br)cc21.CN1C(=O)C2(CNC2)c2c1cnc1ccc(Br)cc21.O=CC(F)(F)F. The fourth-order valence-corrected chi connectivity index (χ4v) is 7.68. The number of amides is 3. The molecule has 2 fully saturated rings. The summed E-state index contributed by atoms with van der Waals surface area (Å²) in [6.07, 6.45) is -2.52. The number of likely N-dealkylation sites (N-methyl/N-ethyl adjacent to an activating group) is 2. The predicted molar refractivity (Wildman–Crippen MR) is 192 cm³/mol. The van der Waals surface area contributed by atoms with Crippen molar-refractivity contribution in [2.75, 3.05) is 50.1 Å². The largest absolute Gasteiger partial charge is 0.446 e. The average Bonchev–Trinajstić information content (AvgIpc) is 3.40. The van der Waals surface area contributed by atoms with Gasteiger partial charge < -0.3 is 24.8 Å². The van der Waals surface area contributed by atoms with Gasteiger partial charge in [0.15, 0.2) is 0 Å². The monoisotopic (exact) mass is 832 g/mol. The van der Waals surface area contributed by atoms with Crippen LogP contribution in [-0.2, 0) is 30.0 Å². The number of carbonyl (C=O) groups is 4. The van der Waals surface area contributed by atoms with E-state index in [1.807, 2.05) is 64.3 Å². The number of aromatic nitrogens is 2. The Bertz CT molecular complexity index is 2110. The second kappa shape index (κ2) is 12.8. The number of halogens is 5. The molecular weight excluding hydrogens is 801 g/mol. The molecule has 0 aliphatic carbocycles. The number of ether oxygens (including phenoxy) is 1. The van der Waals surface area contributed by atoms with Crippen molar-refractivity contribution < 1.29 is 37.1 Å². The quantitative estimate of drug-likeness (QED) is 0.214. The van der Waals surface area contributed by atoms with Gasteiger partial charge in [0.1, 0.15) is 16.4 Å². The summed E-state index contributed by atoms with van der Waals surface area (Å²) in [6, 6.07) is 11.9. The third kappa shape index (κ3) is 6.35. The standard InChI is InChI=1S/C19H20BrN3O3.C14H12BrN3O.C2HF3O/c1-18(2,3)26-17(25)23-9-19(10-23)15-12-7-11(20)5-6-13(12)21-8-14(15)22(4)16(19)24;1-18-11-5-17-10-3-2-8(15)4-9(10)12(11)14(13(18)19)6-16-7-14;3-2(4,5)1-6/h5-8H,9-10H2,1-4H3;2-5,16H,6-7H2,1H3;1H. The van der Waals surface area contributed by atoms with Crippen LogP contribution in [0.15, 0.2) is 57.7 Å². The van der Waals surface area contributed by atoms with Crippen LogP contribution in [0, 0.1) is 0 Å². The second-order valence-electron chi connectivity index (χ2n) is 13.9. The van der Waals surface area contributed by atoms with Crippen LogP contribution in [0.5, 0.6) is 0 Å². The van der Waals surface area contributed by atoms with Crippen molar-refractivity contribution >= 4 is 89.2 Å². The minimum atomic E-state index is -4.64. The van der Waals surface area contributed by atoms with Gasteiger partial charge in [0.05, 0.1) is 34.8 Å². The summed E-state index contributed by atoms with van der Waals surface area (Å²) in [5, 5.41) is 5.25. The number of likely N-dealkylation sites (tertiary alicyclic amines) is 1. The minimum absolute atomic E-state index is 0.00147. The Balaban J connectivity index is 0.000000157. The van der Waals surface area contributed by atoms with E-state index < -0.39 is 23.5 Å². The topological polar surface area (TPSA) is 125 Å². The zero-order valence-electron chi connectivity index (χ0n) is 28.2. The predicted octanol–water partition coefficient (Wildman–Crippen LogP) is 6.02. The van der Waals surface area contributed by atoms with E-state index in [1.54, 1.807) is 27.9 Å². The number of anilines is 2. The summed E-state index contributed by atoms with van der Waals surface area (Å²) < 4.78 is 38.6. The Kier molecular flexibility index (Phi) is 9.20. The highest BCUT2D eigenvalue weighted by Gasteiger charge is 2.60. The van der Waals surface area contributed by atoms with Crippen molar-refractivity contribution in [3.8, 4) is 0 Å².